The summed E-state index contributed by atoms with van der Waals surface area (Å²) in [5.74, 6) is 0.815. The molecule has 0 aliphatic heterocycles. The van der Waals surface area contributed by atoms with Gasteiger partial charge in [0.1, 0.15) is 0 Å². The van der Waals surface area contributed by atoms with Gasteiger partial charge in [-0.15, -0.1) is 11.6 Å². The fourth-order valence-electron chi connectivity index (χ4n) is 2.53. The molecule has 1 fully saturated rings. The van der Waals surface area contributed by atoms with Crippen LogP contribution in [-0.2, 0) is 0 Å². The van der Waals surface area contributed by atoms with E-state index in [-0.39, 0.29) is 0 Å². The van der Waals surface area contributed by atoms with Crippen LogP contribution in [0.15, 0.2) is 0 Å². The van der Waals surface area contributed by atoms with E-state index < -0.39 is 0 Å². The highest BCUT2D eigenvalue weighted by Crippen LogP contribution is 2.35. The van der Waals surface area contributed by atoms with Crippen LogP contribution in [-0.4, -0.2) is 30.4 Å². The van der Waals surface area contributed by atoms with E-state index in [9.17, 15) is 0 Å². The van der Waals surface area contributed by atoms with Gasteiger partial charge in [0.25, 0.3) is 0 Å². The highest BCUT2D eigenvalue weighted by molar-refractivity contribution is 6.17. The van der Waals surface area contributed by atoms with Crippen LogP contribution in [0.25, 0.3) is 0 Å². The Bertz CT molecular complexity index is 139. The molecule has 0 amide bonds. The summed E-state index contributed by atoms with van der Waals surface area (Å²) in [5.41, 5.74) is 0.479. The van der Waals surface area contributed by atoms with Gasteiger partial charge in [-0.25, -0.2) is 0 Å². The van der Waals surface area contributed by atoms with Crippen molar-refractivity contribution in [3.05, 3.63) is 0 Å². The minimum absolute atomic E-state index is 0.479. The van der Waals surface area contributed by atoms with Crippen molar-refractivity contribution in [1.82, 2.24) is 4.90 Å². The molecule has 0 heterocycles. The first-order valence-electron chi connectivity index (χ1n) is 5.45. The molecular formula is C11H22ClN. The lowest BCUT2D eigenvalue weighted by Gasteiger charge is -2.43. The molecule has 0 unspecified atom stereocenters. The lowest BCUT2D eigenvalue weighted by molar-refractivity contribution is 0.0898. The maximum absolute atomic E-state index is 5.77. The summed E-state index contributed by atoms with van der Waals surface area (Å²) >= 11 is 5.77. The zero-order valence-electron chi connectivity index (χ0n) is 8.98. The van der Waals surface area contributed by atoms with Crippen molar-refractivity contribution in [1.29, 1.82) is 0 Å². The minimum Gasteiger partial charge on any atom is -0.304 e. The van der Waals surface area contributed by atoms with E-state index in [0.29, 0.717) is 5.54 Å². The van der Waals surface area contributed by atoms with Crippen molar-refractivity contribution in [3.63, 3.8) is 0 Å². The third-order valence-electron chi connectivity index (χ3n) is 3.51. The van der Waals surface area contributed by atoms with Crippen molar-refractivity contribution in [2.75, 3.05) is 20.0 Å². The van der Waals surface area contributed by atoms with Crippen LogP contribution in [0.5, 0.6) is 0 Å². The van der Waals surface area contributed by atoms with Gasteiger partial charge >= 0.3 is 0 Å². The van der Waals surface area contributed by atoms with E-state index in [4.69, 9.17) is 11.6 Å². The molecule has 0 aromatic heterocycles. The first-order chi connectivity index (χ1) is 6.21. The number of rotatable bonds is 4. The quantitative estimate of drug-likeness (QED) is 0.634. The molecule has 1 aliphatic carbocycles. The Morgan fingerprint density at radius 3 is 2.23 bits per heavy atom. The molecule has 0 N–H and O–H groups in total. The summed E-state index contributed by atoms with van der Waals surface area (Å²) in [6, 6.07) is 0. The molecule has 78 valence electrons. The molecule has 13 heavy (non-hydrogen) atoms. The zero-order valence-corrected chi connectivity index (χ0v) is 9.74. The first-order valence-corrected chi connectivity index (χ1v) is 5.98. The SMILES string of the molecule is CN(C)C1(CCCCl)CCCCC1. The molecule has 0 bridgehead atoms. The number of halogens is 1. The molecule has 0 radical (unpaired) electrons. The molecule has 0 spiro atoms. The maximum Gasteiger partial charge on any atom is 0.0224 e. The average molecular weight is 204 g/mol. The molecule has 0 atom stereocenters. The molecule has 2 heteroatoms. The van der Waals surface area contributed by atoms with E-state index in [0.717, 1.165) is 5.88 Å². The number of hydrogen-bond acceptors (Lipinski definition) is 1. The molecule has 0 aromatic carbocycles. The highest BCUT2D eigenvalue weighted by atomic mass is 35.5. The van der Waals surface area contributed by atoms with E-state index in [2.05, 4.69) is 19.0 Å². The fourth-order valence-corrected chi connectivity index (χ4v) is 2.66. The largest absolute Gasteiger partial charge is 0.304 e. The van der Waals surface area contributed by atoms with E-state index in [1.807, 2.05) is 0 Å². The monoisotopic (exact) mass is 203 g/mol. The average Bonchev–Trinajstić information content (AvgIpc) is 2.16. The topological polar surface area (TPSA) is 3.24 Å². The Labute approximate surface area is 87.4 Å². The molecule has 0 saturated heterocycles. The Kier molecular flexibility index (Phi) is 4.54. The molecule has 1 saturated carbocycles. The standard InChI is InChI=1S/C11H22ClN/c1-13(2)11(9-6-10-12)7-4-3-5-8-11/h3-10H2,1-2H3. The normalized spacial score (nSPS) is 22.2. The van der Waals surface area contributed by atoms with Gasteiger partial charge in [-0.2, -0.15) is 0 Å². The predicted molar refractivity (Wildman–Crippen MR) is 59.5 cm³/mol. The van der Waals surface area contributed by atoms with Gasteiger partial charge in [-0.05, 0) is 39.8 Å². The van der Waals surface area contributed by atoms with Crippen molar-refractivity contribution in [2.45, 2.75) is 50.5 Å². The van der Waals surface area contributed by atoms with Gasteiger partial charge in [0.05, 0.1) is 0 Å². The molecule has 1 nitrogen and oxygen atoms in total. The lowest BCUT2D eigenvalue weighted by Crippen LogP contribution is -2.45. The number of alkyl halides is 1. The van der Waals surface area contributed by atoms with Crippen LogP contribution in [0.1, 0.15) is 44.9 Å². The third kappa shape index (κ3) is 2.85. The molecular weight excluding hydrogens is 182 g/mol. The third-order valence-corrected chi connectivity index (χ3v) is 3.78. The number of hydrogen-bond donors (Lipinski definition) is 0. The first kappa shape index (κ1) is 11.3. The van der Waals surface area contributed by atoms with E-state index in [1.54, 1.807) is 0 Å². The summed E-state index contributed by atoms with van der Waals surface area (Å²) in [7, 11) is 4.44. The van der Waals surface area contributed by atoms with Crippen molar-refractivity contribution < 1.29 is 0 Å². The molecule has 1 rings (SSSR count). The van der Waals surface area contributed by atoms with E-state index in [1.165, 1.54) is 44.9 Å². The minimum atomic E-state index is 0.479. The van der Waals surface area contributed by atoms with Gasteiger partial charge < -0.3 is 4.90 Å². The van der Waals surface area contributed by atoms with Crippen LogP contribution in [0.3, 0.4) is 0 Å². The number of nitrogens with zero attached hydrogens (tertiary/aromatic N) is 1. The summed E-state index contributed by atoms with van der Waals surface area (Å²) in [6.45, 7) is 0. The van der Waals surface area contributed by atoms with Crippen LogP contribution in [0.4, 0.5) is 0 Å². The van der Waals surface area contributed by atoms with Crippen LogP contribution in [0, 0.1) is 0 Å². The summed E-state index contributed by atoms with van der Waals surface area (Å²) in [4.78, 5) is 2.43. The Morgan fingerprint density at radius 1 is 1.15 bits per heavy atom. The second-order valence-electron chi connectivity index (χ2n) is 4.47. The van der Waals surface area contributed by atoms with Gasteiger partial charge in [0.2, 0.25) is 0 Å². The second kappa shape index (κ2) is 5.21. The van der Waals surface area contributed by atoms with Crippen molar-refractivity contribution in [3.8, 4) is 0 Å². The second-order valence-corrected chi connectivity index (χ2v) is 4.85. The van der Waals surface area contributed by atoms with Crippen LogP contribution >= 0.6 is 11.6 Å². The van der Waals surface area contributed by atoms with Crippen LogP contribution in [0.2, 0.25) is 0 Å². The van der Waals surface area contributed by atoms with Crippen molar-refractivity contribution in [2.24, 2.45) is 0 Å². The van der Waals surface area contributed by atoms with Gasteiger partial charge in [-0.3, -0.25) is 0 Å². The Hall–Kier alpha value is 0.250. The van der Waals surface area contributed by atoms with Gasteiger partial charge in [0.15, 0.2) is 0 Å². The molecule has 1 aliphatic rings. The fraction of sp³-hybridized carbons (Fsp3) is 1.00. The predicted octanol–water partition coefficient (Wildman–Crippen LogP) is 3.27. The van der Waals surface area contributed by atoms with Gasteiger partial charge in [0, 0.05) is 11.4 Å². The molecule has 0 aromatic rings. The van der Waals surface area contributed by atoms with Crippen molar-refractivity contribution >= 4 is 11.6 Å². The maximum atomic E-state index is 5.77. The highest BCUT2D eigenvalue weighted by Gasteiger charge is 2.33. The zero-order chi connectivity index (χ0) is 9.73. The van der Waals surface area contributed by atoms with Gasteiger partial charge in [-0.1, -0.05) is 19.3 Å². The Morgan fingerprint density at radius 2 is 1.77 bits per heavy atom. The smallest absolute Gasteiger partial charge is 0.0224 e. The van der Waals surface area contributed by atoms with Crippen LogP contribution < -0.4 is 0 Å². The summed E-state index contributed by atoms with van der Waals surface area (Å²) in [6.07, 6.45) is 9.43. The summed E-state index contributed by atoms with van der Waals surface area (Å²) < 4.78 is 0. The summed E-state index contributed by atoms with van der Waals surface area (Å²) in [5, 5.41) is 0. The Balaban J connectivity index is 2.51. The lowest BCUT2D eigenvalue weighted by atomic mass is 9.78. The van der Waals surface area contributed by atoms with E-state index >= 15 is 0 Å².